The Morgan fingerprint density at radius 2 is 1.00 bits per heavy atom. The van der Waals surface area contributed by atoms with Crippen molar-refractivity contribution in [3.8, 4) is 11.8 Å². The fourth-order valence-corrected chi connectivity index (χ4v) is 6.80. The molecule has 0 fully saturated rings. The minimum Gasteiger partial charge on any atom is -0.309 e. The van der Waals surface area contributed by atoms with Gasteiger partial charge in [-0.05, 0) is 30.2 Å². The molecule has 38 heavy (non-hydrogen) atoms. The molecule has 182 valence electrons. The van der Waals surface area contributed by atoms with Crippen LogP contribution in [0.5, 0.6) is 0 Å². The smallest absolute Gasteiger partial charge is 0.171 e. The number of pyridine rings is 2. The molecule has 0 bridgehead atoms. The molecule has 0 N–H and O–H groups in total. The van der Waals surface area contributed by atoms with Crippen molar-refractivity contribution in [2.45, 2.75) is 0 Å². The van der Waals surface area contributed by atoms with E-state index in [0.717, 1.165) is 38.1 Å². The summed E-state index contributed by atoms with van der Waals surface area (Å²) in [6, 6.07) is 44.8. The zero-order valence-corrected chi connectivity index (χ0v) is 21.6. The van der Waals surface area contributed by atoms with E-state index in [0.29, 0.717) is 0 Å². The highest BCUT2D eigenvalue weighted by atomic mass is 31.2. The van der Waals surface area contributed by atoms with E-state index in [9.17, 15) is 4.57 Å². The zero-order chi connectivity index (χ0) is 26.0. The molecule has 0 spiro atoms. The number of hydrogen-bond acceptors (Lipinski definition) is 3. The number of para-hydroxylation sites is 1. The topological polar surface area (TPSA) is 42.9 Å². The molecule has 4 heteroatoms. The van der Waals surface area contributed by atoms with Gasteiger partial charge >= 0.3 is 0 Å². The van der Waals surface area contributed by atoms with Gasteiger partial charge in [0.15, 0.2) is 7.14 Å². The molecular weight excluding hydrogens is 483 g/mol. The Hall–Kier alpha value is -4.77. The summed E-state index contributed by atoms with van der Waals surface area (Å²) >= 11 is 0. The van der Waals surface area contributed by atoms with Gasteiger partial charge in [-0.15, -0.1) is 0 Å². The van der Waals surface area contributed by atoms with Crippen LogP contribution in [-0.2, 0) is 4.57 Å². The average Bonchev–Trinajstić information content (AvgIpc) is 3.02. The number of hydrogen-bond donors (Lipinski definition) is 0. The zero-order valence-electron chi connectivity index (χ0n) is 20.7. The number of benzene rings is 4. The molecule has 0 saturated carbocycles. The van der Waals surface area contributed by atoms with Crippen LogP contribution in [0.2, 0.25) is 0 Å². The lowest BCUT2D eigenvalue weighted by Crippen LogP contribution is -2.24. The van der Waals surface area contributed by atoms with E-state index in [1.54, 1.807) is 12.4 Å². The first-order valence-corrected chi connectivity index (χ1v) is 14.0. The Labute approximate surface area is 223 Å². The van der Waals surface area contributed by atoms with Gasteiger partial charge in [-0.3, -0.25) is 4.98 Å². The van der Waals surface area contributed by atoms with Gasteiger partial charge in [0.25, 0.3) is 0 Å². The molecular formula is C34H25N2OP. The summed E-state index contributed by atoms with van der Waals surface area (Å²) in [5.41, 5.74) is 2.72. The molecule has 3 nitrogen and oxygen atoms in total. The largest absolute Gasteiger partial charge is 0.309 e. The second kappa shape index (κ2) is 12.0. The van der Waals surface area contributed by atoms with E-state index in [-0.39, 0.29) is 0 Å². The van der Waals surface area contributed by atoms with Gasteiger partial charge in [0.05, 0.1) is 5.52 Å². The predicted molar refractivity (Wildman–Crippen MR) is 158 cm³/mol. The van der Waals surface area contributed by atoms with Gasteiger partial charge in [0.2, 0.25) is 0 Å². The van der Waals surface area contributed by atoms with Crippen LogP contribution in [0.3, 0.4) is 0 Å². The summed E-state index contributed by atoms with van der Waals surface area (Å²) in [5, 5.41) is 3.69. The van der Waals surface area contributed by atoms with Gasteiger partial charge in [-0.2, -0.15) is 0 Å². The van der Waals surface area contributed by atoms with E-state index in [1.165, 1.54) is 0 Å². The Morgan fingerprint density at radius 3 is 1.55 bits per heavy atom. The highest BCUT2D eigenvalue weighted by Crippen LogP contribution is 2.41. The van der Waals surface area contributed by atoms with Crippen molar-refractivity contribution in [3.05, 3.63) is 163 Å². The summed E-state index contributed by atoms with van der Waals surface area (Å²) in [6.07, 6.45) is 3.53. The first-order valence-electron chi connectivity index (χ1n) is 12.3. The van der Waals surface area contributed by atoms with E-state index in [4.69, 9.17) is 0 Å². The quantitative estimate of drug-likeness (QED) is 0.207. The van der Waals surface area contributed by atoms with Crippen molar-refractivity contribution in [1.29, 1.82) is 0 Å². The molecule has 2 heterocycles. The third-order valence-electron chi connectivity index (χ3n) is 6.00. The van der Waals surface area contributed by atoms with Crippen molar-refractivity contribution in [1.82, 2.24) is 9.97 Å². The van der Waals surface area contributed by atoms with Crippen LogP contribution in [0.4, 0.5) is 0 Å². The summed E-state index contributed by atoms with van der Waals surface area (Å²) in [6.45, 7) is 0. The van der Waals surface area contributed by atoms with Gasteiger partial charge in [-0.25, -0.2) is 4.98 Å². The van der Waals surface area contributed by atoms with E-state index in [2.05, 4.69) is 21.8 Å². The highest BCUT2D eigenvalue weighted by molar-refractivity contribution is 7.85. The molecule has 6 rings (SSSR count). The fraction of sp³-hybridized carbons (Fsp3) is 0. The molecule has 6 aromatic rings. The van der Waals surface area contributed by atoms with Gasteiger partial charge in [-0.1, -0.05) is 121 Å². The molecule has 0 aliphatic heterocycles. The highest BCUT2D eigenvalue weighted by Gasteiger charge is 2.28. The second-order valence-electron chi connectivity index (χ2n) is 8.46. The number of nitrogens with zero attached hydrogens (tertiary/aromatic N) is 2. The summed E-state index contributed by atoms with van der Waals surface area (Å²) in [7, 11) is -2.78. The minimum absolute atomic E-state index is 0.776. The molecule has 0 radical (unpaired) electrons. The third-order valence-corrected chi connectivity index (χ3v) is 9.07. The summed E-state index contributed by atoms with van der Waals surface area (Å²) in [4.78, 5) is 8.50. The van der Waals surface area contributed by atoms with Crippen molar-refractivity contribution >= 4 is 34.0 Å². The SMILES string of the molecule is C(#Cc1ccnc2ccccc12)c1ccccn1.O=P(c1ccccc1)(c1ccccc1)c1ccccc1. The monoisotopic (exact) mass is 508 g/mol. The standard InChI is InChI=1S/C18H15OP.C16H10N2/c19-20(16-10-4-1-5-11-16,17-12-6-2-7-13-17)18-14-8-3-9-15-18;1-2-7-16-15(6-1)13(10-12-18-16)8-9-14-5-3-4-11-17-14/h1-15H;1-7,10-12H. The lowest BCUT2D eigenvalue weighted by Gasteiger charge is -2.19. The summed E-state index contributed by atoms with van der Waals surface area (Å²) < 4.78 is 13.8. The van der Waals surface area contributed by atoms with Crippen LogP contribution < -0.4 is 15.9 Å². The second-order valence-corrected chi connectivity index (χ2v) is 11.2. The van der Waals surface area contributed by atoms with Crippen molar-refractivity contribution < 1.29 is 4.57 Å². The molecule has 0 amide bonds. The maximum Gasteiger partial charge on any atom is 0.171 e. The van der Waals surface area contributed by atoms with E-state index in [1.807, 2.05) is 140 Å². The van der Waals surface area contributed by atoms with Crippen LogP contribution in [0.1, 0.15) is 11.3 Å². The van der Waals surface area contributed by atoms with Crippen molar-refractivity contribution in [2.24, 2.45) is 0 Å². The first-order chi connectivity index (χ1) is 18.7. The number of rotatable bonds is 3. The van der Waals surface area contributed by atoms with Crippen LogP contribution in [0.25, 0.3) is 10.9 Å². The molecule has 0 aliphatic rings. The van der Waals surface area contributed by atoms with Crippen molar-refractivity contribution in [2.75, 3.05) is 0 Å². The molecule has 0 saturated heterocycles. The maximum atomic E-state index is 13.8. The van der Waals surface area contributed by atoms with Crippen LogP contribution in [0, 0.1) is 11.8 Å². The predicted octanol–water partition coefficient (Wildman–Crippen LogP) is 6.36. The van der Waals surface area contributed by atoms with E-state index < -0.39 is 7.14 Å². The lowest BCUT2D eigenvalue weighted by atomic mass is 10.1. The fourth-order valence-electron chi connectivity index (χ4n) is 4.13. The van der Waals surface area contributed by atoms with E-state index >= 15 is 0 Å². The number of aromatic nitrogens is 2. The maximum absolute atomic E-state index is 13.8. The molecule has 0 unspecified atom stereocenters. The normalized spacial score (nSPS) is 10.5. The van der Waals surface area contributed by atoms with Crippen LogP contribution >= 0.6 is 7.14 Å². The van der Waals surface area contributed by atoms with Crippen LogP contribution in [-0.4, -0.2) is 9.97 Å². The van der Waals surface area contributed by atoms with Gasteiger partial charge < -0.3 is 4.57 Å². The average molecular weight is 509 g/mol. The first kappa shape index (κ1) is 24.9. The molecule has 4 aromatic carbocycles. The molecule has 2 aromatic heterocycles. The van der Waals surface area contributed by atoms with Crippen LogP contribution in [0.15, 0.2) is 152 Å². The lowest BCUT2D eigenvalue weighted by molar-refractivity contribution is 0.592. The minimum atomic E-state index is -2.78. The van der Waals surface area contributed by atoms with Crippen molar-refractivity contribution in [3.63, 3.8) is 0 Å². The third kappa shape index (κ3) is 5.62. The Kier molecular flexibility index (Phi) is 7.85. The van der Waals surface area contributed by atoms with Gasteiger partial charge in [0.1, 0.15) is 5.69 Å². The Bertz CT molecular complexity index is 1620. The summed E-state index contributed by atoms with van der Waals surface area (Å²) in [5.74, 6) is 6.22. The molecule has 0 aliphatic carbocycles. The Balaban J connectivity index is 0.000000156. The molecule has 0 atom stereocenters. The van der Waals surface area contributed by atoms with Gasteiger partial charge in [0, 0.05) is 39.3 Å². The number of fused-ring (bicyclic) bond motifs is 1. The Morgan fingerprint density at radius 1 is 0.474 bits per heavy atom.